The number of likely N-dealkylation sites (tertiary alicyclic amines) is 2. The fourth-order valence-corrected chi connectivity index (χ4v) is 3.84. The van der Waals surface area contributed by atoms with Gasteiger partial charge in [0.2, 0.25) is 0 Å². The van der Waals surface area contributed by atoms with E-state index in [0.717, 1.165) is 5.56 Å². The van der Waals surface area contributed by atoms with Crippen LogP contribution in [0.3, 0.4) is 0 Å². The minimum absolute atomic E-state index is 0.181. The predicted octanol–water partition coefficient (Wildman–Crippen LogP) is 2.44. The number of carbonyl (C=O) groups is 1. The SMILES string of the molecule is CC(C)(C)OC(=O)N1CC2(CN(Cc3ccccc3)CC2(F)CO)C1. The number of ether oxygens (including phenoxy) is 1. The summed E-state index contributed by atoms with van der Waals surface area (Å²) in [6, 6.07) is 9.90. The number of aliphatic hydroxyl groups excluding tert-OH is 1. The molecule has 2 heterocycles. The van der Waals surface area contributed by atoms with Gasteiger partial charge in [-0.05, 0) is 26.3 Å². The summed E-state index contributed by atoms with van der Waals surface area (Å²) in [6.07, 6.45) is -0.417. The molecular formula is C19H27FN2O3. The Hall–Kier alpha value is -1.66. The largest absolute Gasteiger partial charge is 0.444 e. The third-order valence-electron chi connectivity index (χ3n) is 5.09. The average molecular weight is 350 g/mol. The molecule has 2 aliphatic rings. The van der Waals surface area contributed by atoms with Crippen LogP contribution < -0.4 is 0 Å². The van der Waals surface area contributed by atoms with Crippen molar-refractivity contribution in [3.8, 4) is 0 Å². The fraction of sp³-hybridized carbons (Fsp3) is 0.632. The molecular weight excluding hydrogens is 323 g/mol. The maximum Gasteiger partial charge on any atom is 0.410 e. The molecule has 1 atom stereocenters. The molecule has 2 saturated heterocycles. The number of halogens is 1. The Labute approximate surface area is 148 Å². The second-order valence-electron chi connectivity index (χ2n) is 8.37. The van der Waals surface area contributed by atoms with Gasteiger partial charge in [0, 0.05) is 32.7 Å². The van der Waals surface area contributed by atoms with Crippen LogP contribution in [0.15, 0.2) is 30.3 Å². The molecule has 0 aliphatic carbocycles. The van der Waals surface area contributed by atoms with E-state index in [1.54, 1.807) is 0 Å². The maximum absolute atomic E-state index is 15.4. The van der Waals surface area contributed by atoms with E-state index in [1.807, 2.05) is 56.0 Å². The molecule has 2 fully saturated rings. The van der Waals surface area contributed by atoms with Crippen molar-refractivity contribution in [2.24, 2.45) is 5.41 Å². The Balaban J connectivity index is 1.66. The van der Waals surface area contributed by atoms with Gasteiger partial charge in [-0.1, -0.05) is 30.3 Å². The number of rotatable bonds is 3. The Morgan fingerprint density at radius 2 is 1.84 bits per heavy atom. The summed E-state index contributed by atoms with van der Waals surface area (Å²) in [5.41, 5.74) is -1.87. The van der Waals surface area contributed by atoms with Crippen molar-refractivity contribution in [3.05, 3.63) is 35.9 Å². The molecule has 25 heavy (non-hydrogen) atoms. The molecule has 6 heteroatoms. The van der Waals surface area contributed by atoms with E-state index in [4.69, 9.17) is 4.74 Å². The van der Waals surface area contributed by atoms with Gasteiger partial charge in [0.25, 0.3) is 0 Å². The van der Waals surface area contributed by atoms with Crippen LogP contribution in [0.1, 0.15) is 26.3 Å². The monoisotopic (exact) mass is 350 g/mol. The number of amides is 1. The van der Waals surface area contributed by atoms with Crippen LogP contribution in [0.25, 0.3) is 0 Å². The summed E-state index contributed by atoms with van der Waals surface area (Å²) < 4.78 is 20.8. The lowest BCUT2D eigenvalue weighted by Gasteiger charge is -2.52. The first-order valence-corrected chi connectivity index (χ1v) is 8.70. The average Bonchev–Trinajstić information content (AvgIpc) is 2.78. The first-order valence-electron chi connectivity index (χ1n) is 8.70. The molecule has 3 rings (SSSR count). The van der Waals surface area contributed by atoms with Crippen molar-refractivity contribution < 1.29 is 19.0 Å². The summed E-state index contributed by atoms with van der Waals surface area (Å²) >= 11 is 0. The molecule has 2 aliphatic heterocycles. The number of hydrogen-bond acceptors (Lipinski definition) is 4. The predicted molar refractivity (Wildman–Crippen MR) is 92.9 cm³/mol. The van der Waals surface area contributed by atoms with Crippen molar-refractivity contribution >= 4 is 6.09 Å². The zero-order valence-electron chi connectivity index (χ0n) is 15.2. The smallest absolute Gasteiger partial charge is 0.410 e. The maximum atomic E-state index is 15.4. The van der Waals surface area contributed by atoms with Crippen molar-refractivity contribution in [1.29, 1.82) is 0 Å². The molecule has 0 bridgehead atoms. The normalized spacial score (nSPS) is 25.9. The molecule has 1 aromatic carbocycles. The second-order valence-corrected chi connectivity index (χ2v) is 8.37. The Morgan fingerprint density at radius 1 is 1.20 bits per heavy atom. The van der Waals surface area contributed by atoms with Crippen LogP contribution in [0.2, 0.25) is 0 Å². The molecule has 0 saturated carbocycles. The fourth-order valence-electron chi connectivity index (χ4n) is 3.84. The molecule has 5 nitrogen and oxygen atoms in total. The number of nitrogens with zero attached hydrogens (tertiary/aromatic N) is 2. The van der Waals surface area contributed by atoms with Gasteiger partial charge in [-0.25, -0.2) is 9.18 Å². The lowest BCUT2D eigenvalue weighted by molar-refractivity contribution is -0.105. The van der Waals surface area contributed by atoms with Crippen LogP contribution >= 0.6 is 0 Å². The van der Waals surface area contributed by atoms with E-state index >= 15 is 4.39 Å². The third-order valence-corrected chi connectivity index (χ3v) is 5.09. The minimum atomic E-state index is -1.69. The second kappa shape index (κ2) is 6.25. The van der Waals surface area contributed by atoms with Gasteiger partial charge in [-0.15, -0.1) is 0 Å². The molecule has 1 spiro atoms. The Kier molecular flexibility index (Phi) is 4.54. The Morgan fingerprint density at radius 3 is 2.40 bits per heavy atom. The van der Waals surface area contributed by atoms with Crippen LogP contribution in [-0.4, -0.2) is 65.1 Å². The van der Waals surface area contributed by atoms with E-state index in [1.165, 1.54) is 4.90 Å². The van der Waals surface area contributed by atoms with Crippen LogP contribution in [-0.2, 0) is 11.3 Å². The minimum Gasteiger partial charge on any atom is -0.444 e. The zero-order valence-corrected chi connectivity index (χ0v) is 15.2. The summed E-state index contributed by atoms with van der Waals surface area (Å²) in [5, 5.41) is 9.68. The highest BCUT2D eigenvalue weighted by molar-refractivity contribution is 5.69. The van der Waals surface area contributed by atoms with Crippen LogP contribution in [0.4, 0.5) is 9.18 Å². The van der Waals surface area contributed by atoms with Gasteiger partial charge in [0.1, 0.15) is 5.60 Å². The van der Waals surface area contributed by atoms with Crippen molar-refractivity contribution in [2.75, 3.05) is 32.8 Å². The summed E-state index contributed by atoms with van der Waals surface area (Å²) in [7, 11) is 0. The molecule has 0 radical (unpaired) electrons. The number of benzene rings is 1. The highest BCUT2D eigenvalue weighted by Gasteiger charge is 2.65. The highest BCUT2D eigenvalue weighted by atomic mass is 19.1. The standard InChI is InChI=1S/C19H27FN2O3/c1-17(2,3)25-16(24)22-11-18(12-22)10-21(13-19(18,20)14-23)9-15-7-5-4-6-8-15/h4-8,23H,9-14H2,1-3H3. The van der Waals surface area contributed by atoms with Crippen molar-refractivity contribution in [1.82, 2.24) is 9.80 Å². The quantitative estimate of drug-likeness (QED) is 0.910. The van der Waals surface area contributed by atoms with Gasteiger partial charge in [0.05, 0.1) is 12.0 Å². The van der Waals surface area contributed by atoms with Gasteiger partial charge < -0.3 is 14.7 Å². The number of hydrogen-bond donors (Lipinski definition) is 1. The molecule has 1 N–H and O–H groups in total. The molecule has 0 aromatic heterocycles. The number of carbonyl (C=O) groups excluding carboxylic acids is 1. The van der Waals surface area contributed by atoms with Crippen molar-refractivity contribution in [2.45, 2.75) is 38.6 Å². The molecule has 1 aromatic rings. The van der Waals surface area contributed by atoms with Gasteiger partial charge in [-0.3, -0.25) is 4.90 Å². The van der Waals surface area contributed by atoms with E-state index in [-0.39, 0.29) is 19.6 Å². The first kappa shape index (κ1) is 18.1. The van der Waals surface area contributed by atoms with Gasteiger partial charge in [-0.2, -0.15) is 0 Å². The van der Waals surface area contributed by atoms with Gasteiger partial charge in [0.15, 0.2) is 5.67 Å². The van der Waals surface area contributed by atoms with Crippen LogP contribution in [0.5, 0.6) is 0 Å². The zero-order chi connectivity index (χ0) is 18.3. The van der Waals surface area contributed by atoms with Crippen LogP contribution in [0, 0.1) is 5.41 Å². The number of aliphatic hydroxyl groups is 1. The van der Waals surface area contributed by atoms with E-state index in [0.29, 0.717) is 13.1 Å². The molecule has 138 valence electrons. The lowest BCUT2D eigenvalue weighted by atomic mass is 9.70. The van der Waals surface area contributed by atoms with Crippen molar-refractivity contribution in [3.63, 3.8) is 0 Å². The van der Waals surface area contributed by atoms with Gasteiger partial charge >= 0.3 is 6.09 Å². The molecule has 1 amide bonds. The number of alkyl halides is 1. The van der Waals surface area contributed by atoms with E-state index in [9.17, 15) is 9.90 Å². The lowest BCUT2D eigenvalue weighted by Crippen LogP contribution is -2.68. The third kappa shape index (κ3) is 3.51. The first-order chi connectivity index (χ1) is 11.7. The topological polar surface area (TPSA) is 53.0 Å². The highest BCUT2D eigenvalue weighted by Crippen LogP contribution is 2.49. The molecule has 1 unspecified atom stereocenters. The Bertz CT molecular complexity index is 625. The summed E-state index contributed by atoms with van der Waals surface area (Å²) in [6.45, 7) is 6.81. The van der Waals surface area contributed by atoms with E-state index < -0.39 is 29.4 Å². The summed E-state index contributed by atoms with van der Waals surface area (Å²) in [5.74, 6) is 0. The summed E-state index contributed by atoms with van der Waals surface area (Å²) in [4.78, 5) is 15.7. The van der Waals surface area contributed by atoms with E-state index in [2.05, 4.69) is 0 Å².